The lowest BCUT2D eigenvalue weighted by molar-refractivity contribution is -0.143. The summed E-state index contributed by atoms with van der Waals surface area (Å²) in [4.78, 5) is 26.8. The monoisotopic (exact) mass is 422 g/mol. The van der Waals surface area contributed by atoms with Crippen molar-refractivity contribution in [1.29, 1.82) is 0 Å². The summed E-state index contributed by atoms with van der Waals surface area (Å²) in [5, 5.41) is 34.6. The van der Waals surface area contributed by atoms with Crippen molar-refractivity contribution in [2.75, 3.05) is 26.7 Å². The van der Waals surface area contributed by atoms with Crippen LogP contribution in [0.2, 0.25) is 0 Å². The Hall–Kier alpha value is -2.11. The number of carboxylic acid groups (broad SMARTS) is 2. The average molecular weight is 422 g/mol. The average Bonchev–Trinajstić information content (AvgIpc) is 3.35. The van der Waals surface area contributed by atoms with E-state index in [0.29, 0.717) is 49.5 Å². The molecule has 3 aliphatic rings. The van der Waals surface area contributed by atoms with Crippen molar-refractivity contribution in [3.05, 3.63) is 5.82 Å². The van der Waals surface area contributed by atoms with Crippen molar-refractivity contribution in [2.24, 2.45) is 17.8 Å². The minimum atomic E-state index is -0.823. The number of ether oxygens (including phenoxy) is 1. The van der Waals surface area contributed by atoms with Gasteiger partial charge < -0.3 is 20.3 Å². The lowest BCUT2D eigenvalue weighted by Crippen LogP contribution is -2.50. The SMILES string of the molecule is COCc1nnn([C@H]2C[C@@H](C(=O)O)N(C[C@H]3CC[C@H]4CN[C@H](C(=O)O)C[C@H]4C3)C2)n1. The maximum absolute atomic E-state index is 11.9. The molecule has 0 aromatic carbocycles. The summed E-state index contributed by atoms with van der Waals surface area (Å²) in [5.74, 6) is 0.179. The van der Waals surface area contributed by atoms with Crippen LogP contribution >= 0.6 is 0 Å². The van der Waals surface area contributed by atoms with Gasteiger partial charge in [-0.25, -0.2) is 0 Å². The number of nitrogens with zero attached hydrogens (tertiary/aromatic N) is 5. The number of carboxylic acids is 2. The summed E-state index contributed by atoms with van der Waals surface area (Å²) in [6, 6.07) is -1.16. The number of hydrogen-bond donors (Lipinski definition) is 3. The number of hydrogen-bond acceptors (Lipinski definition) is 8. The Bertz CT molecular complexity index is 772. The van der Waals surface area contributed by atoms with Crippen LogP contribution < -0.4 is 5.32 Å². The van der Waals surface area contributed by atoms with Gasteiger partial charge in [0.15, 0.2) is 5.82 Å². The molecule has 6 atom stereocenters. The van der Waals surface area contributed by atoms with Crippen molar-refractivity contribution in [3.63, 3.8) is 0 Å². The van der Waals surface area contributed by atoms with E-state index in [-0.39, 0.29) is 12.6 Å². The van der Waals surface area contributed by atoms with Gasteiger partial charge in [-0.05, 0) is 61.6 Å². The first-order valence-corrected chi connectivity index (χ1v) is 10.6. The molecule has 2 saturated heterocycles. The quantitative estimate of drug-likeness (QED) is 0.549. The zero-order chi connectivity index (χ0) is 21.3. The van der Waals surface area contributed by atoms with Gasteiger partial charge in [0.25, 0.3) is 0 Å². The highest BCUT2D eigenvalue weighted by Crippen LogP contribution is 2.40. The van der Waals surface area contributed by atoms with Gasteiger partial charge in [0.2, 0.25) is 0 Å². The summed E-state index contributed by atoms with van der Waals surface area (Å²) in [5.41, 5.74) is 0. The second-order valence-corrected chi connectivity index (χ2v) is 8.89. The fourth-order valence-electron chi connectivity index (χ4n) is 5.45. The van der Waals surface area contributed by atoms with E-state index in [1.807, 2.05) is 4.90 Å². The third-order valence-corrected chi connectivity index (χ3v) is 6.94. The first-order chi connectivity index (χ1) is 14.4. The number of tetrazole rings is 1. The molecule has 11 nitrogen and oxygen atoms in total. The van der Waals surface area contributed by atoms with E-state index < -0.39 is 24.0 Å². The number of methoxy groups -OCH3 is 1. The molecule has 11 heteroatoms. The molecule has 1 aromatic rings. The van der Waals surface area contributed by atoms with Crippen LogP contribution in [-0.4, -0.2) is 86.1 Å². The second-order valence-electron chi connectivity index (χ2n) is 8.89. The fraction of sp³-hybridized carbons (Fsp3) is 0.842. The molecule has 1 aromatic heterocycles. The largest absolute Gasteiger partial charge is 0.480 e. The maximum atomic E-state index is 11.9. The smallest absolute Gasteiger partial charge is 0.321 e. The summed E-state index contributed by atoms with van der Waals surface area (Å²) < 4.78 is 5.03. The van der Waals surface area contributed by atoms with Gasteiger partial charge in [0.1, 0.15) is 18.7 Å². The lowest BCUT2D eigenvalue weighted by Gasteiger charge is -2.42. The third kappa shape index (κ3) is 4.47. The van der Waals surface area contributed by atoms with Gasteiger partial charge in [-0.1, -0.05) is 0 Å². The van der Waals surface area contributed by atoms with E-state index >= 15 is 0 Å². The van der Waals surface area contributed by atoms with Gasteiger partial charge >= 0.3 is 11.9 Å². The van der Waals surface area contributed by atoms with Crippen molar-refractivity contribution in [2.45, 2.75) is 56.8 Å². The number of aliphatic carboxylic acids is 2. The Morgan fingerprint density at radius 3 is 2.73 bits per heavy atom. The Balaban J connectivity index is 1.38. The summed E-state index contributed by atoms with van der Waals surface area (Å²) >= 11 is 0. The minimum Gasteiger partial charge on any atom is -0.480 e. The number of fused-ring (bicyclic) bond motifs is 1. The van der Waals surface area contributed by atoms with Crippen molar-refractivity contribution < 1.29 is 24.5 Å². The summed E-state index contributed by atoms with van der Waals surface area (Å²) in [6.45, 7) is 2.32. The molecule has 0 bridgehead atoms. The van der Waals surface area contributed by atoms with Crippen LogP contribution in [0.5, 0.6) is 0 Å². The molecule has 3 heterocycles. The number of carbonyl (C=O) groups is 2. The summed E-state index contributed by atoms with van der Waals surface area (Å²) in [7, 11) is 1.56. The molecule has 0 unspecified atom stereocenters. The predicted octanol–water partition coefficient (Wildman–Crippen LogP) is -0.00150. The Labute approximate surface area is 174 Å². The number of aromatic nitrogens is 4. The van der Waals surface area contributed by atoms with E-state index in [1.165, 1.54) is 4.80 Å². The third-order valence-electron chi connectivity index (χ3n) is 6.94. The van der Waals surface area contributed by atoms with Gasteiger partial charge in [-0.2, -0.15) is 4.80 Å². The number of nitrogens with one attached hydrogen (secondary N) is 1. The van der Waals surface area contributed by atoms with Crippen LogP contribution in [0, 0.1) is 17.8 Å². The second kappa shape index (κ2) is 8.94. The Morgan fingerprint density at radius 1 is 1.17 bits per heavy atom. The van der Waals surface area contributed by atoms with Gasteiger partial charge in [-0.15, -0.1) is 10.2 Å². The molecular weight excluding hydrogens is 392 g/mol. The molecule has 2 aliphatic heterocycles. The Morgan fingerprint density at radius 2 is 2.00 bits per heavy atom. The van der Waals surface area contributed by atoms with E-state index in [1.54, 1.807) is 7.11 Å². The van der Waals surface area contributed by atoms with Crippen molar-refractivity contribution in [1.82, 2.24) is 30.4 Å². The maximum Gasteiger partial charge on any atom is 0.321 e. The molecule has 0 amide bonds. The zero-order valence-electron chi connectivity index (χ0n) is 17.2. The van der Waals surface area contributed by atoms with Crippen molar-refractivity contribution >= 4 is 11.9 Å². The van der Waals surface area contributed by atoms with Crippen LogP contribution in [-0.2, 0) is 20.9 Å². The van der Waals surface area contributed by atoms with E-state index in [4.69, 9.17) is 4.74 Å². The molecule has 1 saturated carbocycles. The van der Waals surface area contributed by atoms with Gasteiger partial charge in [0.05, 0.1) is 6.04 Å². The molecular formula is C19H30N6O5. The van der Waals surface area contributed by atoms with Crippen LogP contribution in [0.25, 0.3) is 0 Å². The molecule has 30 heavy (non-hydrogen) atoms. The molecule has 3 fully saturated rings. The Kier molecular flexibility index (Phi) is 6.30. The van der Waals surface area contributed by atoms with Crippen molar-refractivity contribution in [3.8, 4) is 0 Å². The molecule has 0 radical (unpaired) electrons. The minimum absolute atomic E-state index is 0.129. The first-order valence-electron chi connectivity index (χ1n) is 10.6. The van der Waals surface area contributed by atoms with Gasteiger partial charge in [0, 0.05) is 20.2 Å². The van der Waals surface area contributed by atoms with Gasteiger partial charge in [-0.3, -0.25) is 14.5 Å². The molecule has 166 valence electrons. The number of piperidine rings is 1. The number of likely N-dealkylation sites (tertiary alicyclic amines) is 1. The van der Waals surface area contributed by atoms with Crippen LogP contribution in [0.15, 0.2) is 0 Å². The number of rotatable bonds is 7. The summed E-state index contributed by atoms with van der Waals surface area (Å²) in [6.07, 6.45) is 4.18. The van der Waals surface area contributed by atoms with E-state index in [9.17, 15) is 19.8 Å². The van der Waals surface area contributed by atoms with Crippen LogP contribution in [0.3, 0.4) is 0 Å². The molecule has 0 spiro atoms. The van der Waals surface area contributed by atoms with Crippen LogP contribution in [0.1, 0.15) is 44.0 Å². The highest BCUT2D eigenvalue weighted by Gasteiger charge is 2.42. The molecule has 1 aliphatic carbocycles. The van der Waals surface area contributed by atoms with E-state index in [2.05, 4.69) is 20.7 Å². The fourth-order valence-corrected chi connectivity index (χ4v) is 5.45. The predicted molar refractivity (Wildman–Crippen MR) is 104 cm³/mol. The molecule has 3 N–H and O–H groups in total. The van der Waals surface area contributed by atoms with E-state index in [0.717, 1.165) is 25.8 Å². The zero-order valence-corrected chi connectivity index (χ0v) is 17.2. The highest BCUT2D eigenvalue weighted by atomic mass is 16.5. The first kappa shape index (κ1) is 21.1. The molecule has 4 rings (SSSR count). The topological polar surface area (TPSA) is 143 Å². The highest BCUT2D eigenvalue weighted by molar-refractivity contribution is 5.74. The lowest BCUT2D eigenvalue weighted by atomic mass is 9.69. The normalized spacial score (nSPS) is 34.6. The van der Waals surface area contributed by atoms with Crippen LogP contribution in [0.4, 0.5) is 0 Å². The standard InChI is InChI=1S/C19H30N6O5/c1-30-10-17-21-23-25(22-17)14-6-16(19(28)29)24(9-14)8-11-2-3-12-7-20-15(18(26)27)5-13(12)4-11/h11-16,20H,2-10H2,1H3,(H,26,27)(H,28,29)/t11-,12-,13+,14-,15-,16-/m0/s1.